The molecular weight excluding hydrogens is 342 g/mol. The van der Waals surface area contributed by atoms with Gasteiger partial charge in [0.25, 0.3) is 0 Å². The van der Waals surface area contributed by atoms with Crippen LogP contribution in [0.5, 0.6) is 0 Å². The maximum Gasteiger partial charge on any atom is 0.0746 e. The van der Waals surface area contributed by atoms with Crippen molar-refractivity contribution >= 4 is 33.9 Å². The topological polar surface area (TPSA) is 28.2 Å². The molecule has 0 spiro atoms. The minimum absolute atomic E-state index is 0.201. The van der Waals surface area contributed by atoms with Gasteiger partial charge in [-0.3, -0.25) is 4.98 Å². The molecule has 3 aromatic rings. The van der Waals surface area contributed by atoms with E-state index in [1.165, 1.54) is 29.5 Å². The Labute approximate surface area is 160 Å². The molecule has 1 aromatic heterocycles. The quantitative estimate of drug-likeness (QED) is 0.617. The van der Waals surface area contributed by atoms with Crippen molar-refractivity contribution in [2.24, 2.45) is 0 Å². The monoisotopic (exact) mass is 365 g/mol. The Balaban J connectivity index is 1.63. The van der Waals surface area contributed by atoms with E-state index in [1.54, 1.807) is 0 Å². The number of aromatic nitrogens is 1. The summed E-state index contributed by atoms with van der Waals surface area (Å²) in [5.41, 5.74) is 5.75. The van der Waals surface area contributed by atoms with Gasteiger partial charge in [0.05, 0.1) is 5.52 Å². The molecule has 1 saturated heterocycles. The number of nitrogens with zero attached hydrogens (tertiary/aromatic N) is 2. The van der Waals surface area contributed by atoms with Crippen molar-refractivity contribution in [3.05, 3.63) is 64.8 Å². The van der Waals surface area contributed by atoms with E-state index >= 15 is 0 Å². The van der Waals surface area contributed by atoms with Gasteiger partial charge in [0, 0.05) is 46.6 Å². The maximum absolute atomic E-state index is 5.99. The fourth-order valence-corrected chi connectivity index (χ4v) is 3.86. The van der Waals surface area contributed by atoms with Gasteiger partial charge in [-0.1, -0.05) is 23.7 Å². The lowest BCUT2D eigenvalue weighted by atomic mass is 10.1. The van der Waals surface area contributed by atoms with Crippen LogP contribution in [0.25, 0.3) is 10.9 Å². The second-order valence-electron chi connectivity index (χ2n) is 7.13. The molecule has 134 valence electrons. The number of hydrogen-bond acceptors (Lipinski definition) is 3. The van der Waals surface area contributed by atoms with Crippen molar-refractivity contribution in [3.63, 3.8) is 0 Å². The average Bonchev–Trinajstić information content (AvgIpc) is 3.15. The molecule has 0 bridgehead atoms. The van der Waals surface area contributed by atoms with E-state index in [0.717, 1.165) is 35.0 Å². The van der Waals surface area contributed by atoms with Gasteiger partial charge in [-0.15, -0.1) is 0 Å². The average molecular weight is 366 g/mol. The van der Waals surface area contributed by atoms with Crippen LogP contribution in [0.3, 0.4) is 0 Å². The third-order valence-electron chi connectivity index (χ3n) is 5.12. The molecule has 0 aliphatic carbocycles. The fourth-order valence-electron chi connectivity index (χ4n) is 3.73. The highest BCUT2D eigenvalue weighted by Gasteiger charge is 2.16. The van der Waals surface area contributed by atoms with E-state index in [0.29, 0.717) is 0 Å². The van der Waals surface area contributed by atoms with Crippen molar-refractivity contribution < 1.29 is 0 Å². The number of nitrogens with one attached hydrogen (secondary N) is 1. The summed E-state index contributed by atoms with van der Waals surface area (Å²) < 4.78 is 0. The molecular formula is C22H24ClN3. The van der Waals surface area contributed by atoms with Crippen LogP contribution in [0.1, 0.15) is 37.1 Å². The number of aryl methyl sites for hydroxylation is 1. The number of fused-ring (bicyclic) bond motifs is 1. The molecule has 2 heterocycles. The van der Waals surface area contributed by atoms with Crippen molar-refractivity contribution in [1.29, 1.82) is 0 Å². The first kappa shape index (κ1) is 17.2. The van der Waals surface area contributed by atoms with E-state index < -0.39 is 0 Å². The molecule has 1 aliphatic heterocycles. The maximum atomic E-state index is 5.99. The van der Waals surface area contributed by atoms with Gasteiger partial charge in [-0.2, -0.15) is 0 Å². The molecule has 4 rings (SSSR count). The Hall–Kier alpha value is -2.26. The third kappa shape index (κ3) is 3.49. The zero-order valence-corrected chi connectivity index (χ0v) is 16.1. The van der Waals surface area contributed by atoms with Crippen LogP contribution < -0.4 is 10.2 Å². The van der Waals surface area contributed by atoms with Gasteiger partial charge in [0.1, 0.15) is 0 Å². The Kier molecular flexibility index (Phi) is 4.73. The summed E-state index contributed by atoms with van der Waals surface area (Å²) in [4.78, 5) is 7.26. The smallest absolute Gasteiger partial charge is 0.0746 e. The SMILES string of the molecule is Cc1cc(N2CCCC2)c2ccc(NC(C)c3ccc(Cl)cc3)cc2n1. The van der Waals surface area contributed by atoms with E-state index in [9.17, 15) is 0 Å². The highest BCUT2D eigenvalue weighted by atomic mass is 35.5. The van der Waals surface area contributed by atoms with Gasteiger partial charge in [0.2, 0.25) is 0 Å². The summed E-state index contributed by atoms with van der Waals surface area (Å²) in [7, 11) is 0. The number of hydrogen-bond donors (Lipinski definition) is 1. The van der Waals surface area contributed by atoms with E-state index in [4.69, 9.17) is 16.6 Å². The first-order valence-electron chi connectivity index (χ1n) is 9.28. The molecule has 1 N–H and O–H groups in total. The number of halogens is 1. The molecule has 26 heavy (non-hydrogen) atoms. The summed E-state index contributed by atoms with van der Waals surface area (Å²) >= 11 is 5.99. The van der Waals surface area contributed by atoms with Crippen molar-refractivity contribution in [3.8, 4) is 0 Å². The molecule has 1 unspecified atom stereocenters. The molecule has 1 fully saturated rings. The summed E-state index contributed by atoms with van der Waals surface area (Å²) in [6.45, 7) is 6.53. The van der Waals surface area contributed by atoms with Crippen LogP contribution in [0, 0.1) is 6.92 Å². The number of benzene rings is 2. The van der Waals surface area contributed by atoms with Crippen LogP contribution >= 0.6 is 11.6 Å². The Bertz CT molecular complexity index is 915. The normalized spacial score (nSPS) is 15.4. The Morgan fingerprint density at radius 1 is 1.04 bits per heavy atom. The Morgan fingerprint density at radius 2 is 1.77 bits per heavy atom. The number of pyridine rings is 1. The standard InChI is InChI=1S/C22H24ClN3/c1-15-13-22(26-11-3-4-12-26)20-10-9-19(14-21(20)24-15)25-16(2)17-5-7-18(23)8-6-17/h5-10,13-14,16,25H,3-4,11-12H2,1-2H3. The van der Waals surface area contributed by atoms with E-state index in [1.807, 2.05) is 12.1 Å². The molecule has 0 amide bonds. The fraction of sp³-hybridized carbons (Fsp3) is 0.318. The zero-order chi connectivity index (χ0) is 18.1. The van der Waals surface area contributed by atoms with Gasteiger partial charge < -0.3 is 10.2 Å². The summed E-state index contributed by atoms with van der Waals surface area (Å²) in [5.74, 6) is 0. The largest absolute Gasteiger partial charge is 0.378 e. The van der Waals surface area contributed by atoms with Gasteiger partial charge in [-0.25, -0.2) is 0 Å². The highest BCUT2D eigenvalue weighted by Crippen LogP contribution is 2.32. The lowest BCUT2D eigenvalue weighted by Crippen LogP contribution is -2.18. The van der Waals surface area contributed by atoms with E-state index in [-0.39, 0.29) is 6.04 Å². The molecule has 1 atom stereocenters. The van der Waals surface area contributed by atoms with Gasteiger partial charge in [0.15, 0.2) is 0 Å². The van der Waals surface area contributed by atoms with Gasteiger partial charge >= 0.3 is 0 Å². The number of anilines is 2. The minimum atomic E-state index is 0.201. The van der Waals surface area contributed by atoms with Crippen LogP contribution in [-0.2, 0) is 0 Å². The van der Waals surface area contributed by atoms with Crippen molar-refractivity contribution in [1.82, 2.24) is 4.98 Å². The molecule has 0 saturated carbocycles. The van der Waals surface area contributed by atoms with Crippen LogP contribution in [0.15, 0.2) is 48.5 Å². The first-order chi connectivity index (χ1) is 12.6. The molecule has 0 radical (unpaired) electrons. The van der Waals surface area contributed by atoms with E-state index in [2.05, 4.69) is 60.5 Å². The zero-order valence-electron chi connectivity index (χ0n) is 15.3. The van der Waals surface area contributed by atoms with Crippen LogP contribution in [0.2, 0.25) is 5.02 Å². The Morgan fingerprint density at radius 3 is 2.50 bits per heavy atom. The molecule has 1 aliphatic rings. The lowest BCUT2D eigenvalue weighted by Gasteiger charge is -2.21. The first-order valence-corrected chi connectivity index (χ1v) is 9.66. The predicted molar refractivity (Wildman–Crippen MR) is 111 cm³/mol. The molecule has 3 nitrogen and oxygen atoms in total. The summed E-state index contributed by atoms with van der Waals surface area (Å²) in [5, 5.41) is 5.58. The summed E-state index contributed by atoms with van der Waals surface area (Å²) in [6, 6.07) is 16.9. The predicted octanol–water partition coefficient (Wildman–Crippen LogP) is 5.97. The van der Waals surface area contributed by atoms with Crippen molar-refractivity contribution in [2.45, 2.75) is 32.7 Å². The second kappa shape index (κ2) is 7.16. The van der Waals surface area contributed by atoms with Gasteiger partial charge in [-0.05, 0) is 68.7 Å². The minimum Gasteiger partial charge on any atom is -0.378 e. The second-order valence-corrected chi connectivity index (χ2v) is 7.56. The highest BCUT2D eigenvalue weighted by molar-refractivity contribution is 6.30. The third-order valence-corrected chi connectivity index (χ3v) is 5.37. The molecule has 4 heteroatoms. The van der Waals surface area contributed by atoms with Crippen LogP contribution in [-0.4, -0.2) is 18.1 Å². The van der Waals surface area contributed by atoms with Crippen LogP contribution in [0.4, 0.5) is 11.4 Å². The summed E-state index contributed by atoms with van der Waals surface area (Å²) in [6.07, 6.45) is 2.56. The van der Waals surface area contributed by atoms with Crippen molar-refractivity contribution in [2.75, 3.05) is 23.3 Å². The molecule has 2 aromatic carbocycles. The lowest BCUT2D eigenvalue weighted by molar-refractivity contribution is 0.885. The number of rotatable bonds is 4.